The third-order valence-corrected chi connectivity index (χ3v) is 3.75. The van der Waals surface area contributed by atoms with Crippen molar-refractivity contribution < 1.29 is 4.79 Å². The van der Waals surface area contributed by atoms with Gasteiger partial charge in [-0.1, -0.05) is 48.5 Å². The number of para-hydroxylation sites is 1. The molecule has 0 saturated carbocycles. The van der Waals surface area contributed by atoms with Crippen molar-refractivity contribution in [1.29, 1.82) is 0 Å². The van der Waals surface area contributed by atoms with Gasteiger partial charge < -0.3 is 10.6 Å². The van der Waals surface area contributed by atoms with Crippen LogP contribution in [0.15, 0.2) is 54.6 Å². The zero-order valence-electron chi connectivity index (χ0n) is 11.5. The SMILES string of the molecule is C[C@H](NC(=O)[C@@H]1Cc2ccccc2N1)c1ccccc1. The molecule has 3 heteroatoms. The highest BCUT2D eigenvalue weighted by Crippen LogP contribution is 2.25. The van der Waals surface area contributed by atoms with Crippen molar-refractivity contribution in [3.8, 4) is 0 Å². The number of carbonyl (C=O) groups is 1. The zero-order valence-corrected chi connectivity index (χ0v) is 11.5. The first-order chi connectivity index (χ1) is 9.74. The van der Waals surface area contributed by atoms with Gasteiger partial charge in [0.2, 0.25) is 5.91 Å². The summed E-state index contributed by atoms with van der Waals surface area (Å²) in [6, 6.07) is 17.9. The van der Waals surface area contributed by atoms with Gasteiger partial charge in [0, 0.05) is 12.1 Å². The molecular weight excluding hydrogens is 248 g/mol. The first-order valence-corrected chi connectivity index (χ1v) is 6.94. The summed E-state index contributed by atoms with van der Waals surface area (Å²) in [5.74, 6) is 0.0533. The van der Waals surface area contributed by atoms with E-state index in [0.29, 0.717) is 0 Å². The van der Waals surface area contributed by atoms with Crippen LogP contribution in [0, 0.1) is 0 Å². The topological polar surface area (TPSA) is 41.1 Å². The summed E-state index contributed by atoms with van der Waals surface area (Å²) in [5.41, 5.74) is 3.40. The van der Waals surface area contributed by atoms with Gasteiger partial charge >= 0.3 is 0 Å². The number of hydrogen-bond acceptors (Lipinski definition) is 2. The van der Waals surface area contributed by atoms with Gasteiger partial charge in [0.25, 0.3) is 0 Å². The van der Waals surface area contributed by atoms with E-state index in [1.165, 1.54) is 5.56 Å². The van der Waals surface area contributed by atoms with Crippen LogP contribution in [-0.2, 0) is 11.2 Å². The third kappa shape index (κ3) is 2.52. The molecule has 0 saturated heterocycles. The van der Waals surface area contributed by atoms with Gasteiger partial charge in [0.05, 0.1) is 6.04 Å². The number of hydrogen-bond donors (Lipinski definition) is 2. The lowest BCUT2D eigenvalue weighted by Crippen LogP contribution is -2.39. The summed E-state index contributed by atoms with van der Waals surface area (Å²) in [5, 5.41) is 6.35. The molecule has 2 aromatic rings. The molecule has 0 aromatic heterocycles. The Morgan fingerprint density at radius 3 is 2.60 bits per heavy atom. The van der Waals surface area contributed by atoms with Crippen LogP contribution < -0.4 is 10.6 Å². The molecule has 0 fully saturated rings. The Balaban J connectivity index is 1.64. The van der Waals surface area contributed by atoms with E-state index in [1.54, 1.807) is 0 Å². The van der Waals surface area contributed by atoms with Crippen LogP contribution in [0.5, 0.6) is 0 Å². The number of nitrogens with one attached hydrogen (secondary N) is 2. The Morgan fingerprint density at radius 1 is 1.15 bits per heavy atom. The monoisotopic (exact) mass is 266 g/mol. The highest BCUT2D eigenvalue weighted by Gasteiger charge is 2.27. The molecule has 102 valence electrons. The zero-order chi connectivity index (χ0) is 13.9. The van der Waals surface area contributed by atoms with Crippen molar-refractivity contribution in [3.63, 3.8) is 0 Å². The molecule has 0 aliphatic carbocycles. The maximum absolute atomic E-state index is 12.3. The van der Waals surface area contributed by atoms with Crippen molar-refractivity contribution in [2.24, 2.45) is 0 Å². The lowest BCUT2D eigenvalue weighted by atomic mass is 10.1. The lowest BCUT2D eigenvalue weighted by molar-refractivity contribution is -0.122. The Bertz CT molecular complexity index is 584. The summed E-state index contributed by atoms with van der Waals surface area (Å²) in [6.07, 6.45) is 0.753. The molecule has 1 heterocycles. The quantitative estimate of drug-likeness (QED) is 0.897. The number of fused-ring (bicyclic) bond motifs is 1. The molecule has 0 bridgehead atoms. The van der Waals surface area contributed by atoms with Crippen LogP contribution in [0.1, 0.15) is 24.1 Å². The van der Waals surface area contributed by atoms with Gasteiger partial charge in [-0.15, -0.1) is 0 Å². The van der Waals surface area contributed by atoms with Crippen molar-refractivity contribution in [1.82, 2.24) is 5.32 Å². The van der Waals surface area contributed by atoms with Crippen molar-refractivity contribution in [2.45, 2.75) is 25.4 Å². The molecular formula is C17H18N2O. The van der Waals surface area contributed by atoms with Gasteiger partial charge in [0.15, 0.2) is 0 Å². The van der Waals surface area contributed by atoms with Gasteiger partial charge in [-0.25, -0.2) is 0 Å². The molecule has 2 atom stereocenters. The van der Waals surface area contributed by atoms with E-state index in [4.69, 9.17) is 0 Å². The van der Waals surface area contributed by atoms with Gasteiger partial charge in [-0.3, -0.25) is 4.79 Å². The molecule has 1 amide bonds. The van der Waals surface area contributed by atoms with Crippen LogP contribution in [0.25, 0.3) is 0 Å². The number of anilines is 1. The van der Waals surface area contributed by atoms with Crippen molar-refractivity contribution >= 4 is 11.6 Å². The van der Waals surface area contributed by atoms with Crippen molar-refractivity contribution in [3.05, 3.63) is 65.7 Å². The first kappa shape index (κ1) is 12.7. The van der Waals surface area contributed by atoms with Gasteiger partial charge in [-0.2, -0.15) is 0 Å². The number of rotatable bonds is 3. The van der Waals surface area contributed by atoms with Crippen LogP contribution in [-0.4, -0.2) is 11.9 Å². The fraction of sp³-hybridized carbons (Fsp3) is 0.235. The number of carbonyl (C=O) groups excluding carboxylic acids is 1. The second-order valence-corrected chi connectivity index (χ2v) is 5.20. The molecule has 1 aliphatic rings. The standard InChI is InChI=1S/C17H18N2O/c1-12(13-7-3-2-4-8-13)18-17(20)16-11-14-9-5-6-10-15(14)19-16/h2-10,12,16,19H,11H2,1H3,(H,18,20)/t12-,16-/m0/s1. The first-order valence-electron chi connectivity index (χ1n) is 6.94. The predicted molar refractivity (Wildman–Crippen MR) is 80.6 cm³/mol. The second-order valence-electron chi connectivity index (χ2n) is 5.20. The number of amides is 1. The largest absolute Gasteiger partial charge is 0.373 e. The van der Waals surface area contributed by atoms with E-state index in [-0.39, 0.29) is 18.0 Å². The lowest BCUT2D eigenvalue weighted by Gasteiger charge is -2.18. The fourth-order valence-electron chi connectivity index (χ4n) is 2.60. The Labute approximate surface area is 119 Å². The molecule has 2 N–H and O–H groups in total. The van der Waals surface area contributed by atoms with E-state index in [2.05, 4.69) is 16.7 Å². The highest BCUT2D eigenvalue weighted by molar-refractivity contribution is 5.87. The van der Waals surface area contributed by atoms with Gasteiger partial charge in [0.1, 0.15) is 6.04 Å². The molecule has 3 nitrogen and oxygen atoms in total. The molecule has 0 spiro atoms. The second kappa shape index (κ2) is 5.37. The average Bonchev–Trinajstić information content (AvgIpc) is 2.92. The van der Waals surface area contributed by atoms with E-state index in [9.17, 15) is 4.79 Å². The summed E-state index contributed by atoms with van der Waals surface area (Å²) in [4.78, 5) is 12.3. The third-order valence-electron chi connectivity index (χ3n) is 3.75. The predicted octanol–water partition coefficient (Wildman–Crippen LogP) is 2.90. The summed E-state index contributed by atoms with van der Waals surface area (Å²) in [6.45, 7) is 2.01. The van der Waals surface area contributed by atoms with Crippen LogP contribution >= 0.6 is 0 Å². The summed E-state index contributed by atoms with van der Waals surface area (Å²) in [7, 11) is 0. The van der Waals surface area contributed by atoms with Crippen LogP contribution in [0.4, 0.5) is 5.69 Å². The maximum atomic E-state index is 12.3. The van der Waals surface area contributed by atoms with E-state index < -0.39 is 0 Å². The molecule has 0 unspecified atom stereocenters. The minimum absolute atomic E-state index is 0.0224. The minimum Gasteiger partial charge on any atom is -0.373 e. The highest BCUT2D eigenvalue weighted by atomic mass is 16.2. The summed E-state index contributed by atoms with van der Waals surface area (Å²) >= 11 is 0. The van der Waals surface area contributed by atoms with Crippen molar-refractivity contribution in [2.75, 3.05) is 5.32 Å². The molecule has 2 aromatic carbocycles. The van der Waals surface area contributed by atoms with Gasteiger partial charge in [-0.05, 0) is 24.1 Å². The van der Waals surface area contributed by atoms with E-state index >= 15 is 0 Å². The van der Waals surface area contributed by atoms with Crippen LogP contribution in [0.2, 0.25) is 0 Å². The fourth-order valence-corrected chi connectivity index (χ4v) is 2.60. The maximum Gasteiger partial charge on any atom is 0.243 e. The van der Waals surface area contributed by atoms with Crippen LogP contribution in [0.3, 0.4) is 0 Å². The Kier molecular flexibility index (Phi) is 3.42. The Hall–Kier alpha value is -2.29. The smallest absolute Gasteiger partial charge is 0.243 e. The normalized spacial score (nSPS) is 17.9. The molecule has 3 rings (SSSR count). The Morgan fingerprint density at radius 2 is 1.85 bits per heavy atom. The molecule has 0 radical (unpaired) electrons. The molecule has 20 heavy (non-hydrogen) atoms. The summed E-state index contributed by atoms with van der Waals surface area (Å²) < 4.78 is 0. The average molecular weight is 266 g/mol. The van der Waals surface area contributed by atoms with E-state index in [1.807, 2.05) is 55.5 Å². The van der Waals surface area contributed by atoms with E-state index in [0.717, 1.165) is 17.7 Å². The minimum atomic E-state index is -0.168. The molecule has 1 aliphatic heterocycles. The number of benzene rings is 2.